The van der Waals surface area contributed by atoms with Crippen molar-refractivity contribution in [2.75, 3.05) is 18.4 Å². The number of likely N-dealkylation sites (tertiary alicyclic amines) is 1. The molecule has 0 spiro atoms. The quantitative estimate of drug-likeness (QED) is 0.936. The van der Waals surface area contributed by atoms with E-state index in [2.05, 4.69) is 27.3 Å². The monoisotopic (exact) mass is 315 g/mol. The van der Waals surface area contributed by atoms with E-state index >= 15 is 0 Å². The van der Waals surface area contributed by atoms with E-state index in [1.165, 1.54) is 49.3 Å². The van der Waals surface area contributed by atoms with E-state index in [4.69, 9.17) is 0 Å². The summed E-state index contributed by atoms with van der Waals surface area (Å²) in [6.45, 7) is 5.27. The van der Waals surface area contributed by atoms with Gasteiger partial charge in [-0.05, 0) is 50.6 Å². The standard InChI is InChI=1S/C17H21N3OS/c1-13-12-22-17(18-13)19-16(21)15-7-5-14(6-8-15)11-20-9-3-2-4-10-20/h5-8,12H,2-4,9-11H2,1H3,(H,18,19,21). The van der Waals surface area contributed by atoms with E-state index in [9.17, 15) is 4.79 Å². The molecular weight excluding hydrogens is 294 g/mol. The van der Waals surface area contributed by atoms with E-state index < -0.39 is 0 Å². The Balaban J connectivity index is 1.59. The number of rotatable bonds is 4. The van der Waals surface area contributed by atoms with Crippen LogP contribution in [0.4, 0.5) is 5.13 Å². The maximum Gasteiger partial charge on any atom is 0.257 e. The van der Waals surface area contributed by atoms with Crippen LogP contribution in [0.5, 0.6) is 0 Å². The Hall–Kier alpha value is -1.72. The van der Waals surface area contributed by atoms with Crippen LogP contribution >= 0.6 is 11.3 Å². The van der Waals surface area contributed by atoms with Crippen molar-refractivity contribution in [1.82, 2.24) is 9.88 Å². The maximum absolute atomic E-state index is 12.2. The summed E-state index contributed by atoms with van der Waals surface area (Å²) in [4.78, 5) is 18.9. The van der Waals surface area contributed by atoms with E-state index in [1.807, 2.05) is 24.4 Å². The molecule has 0 aliphatic carbocycles. The summed E-state index contributed by atoms with van der Waals surface area (Å²) < 4.78 is 0. The molecule has 2 heterocycles. The molecule has 1 aliphatic rings. The highest BCUT2D eigenvalue weighted by Crippen LogP contribution is 2.17. The molecule has 1 aliphatic heterocycles. The van der Waals surface area contributed by atoms with Crippen LogP contribution in [0.3, 0.4) is 0 Å². The third-order valence-electron chi connectivity index (χ3n) is 3.91. The number of aromatic nitrogens is 1. The third kappa shape index (κ3) is 3.93. The molecule has 0 saturated carbocycles. The van der Waals surface area contributed by atoms with Gasteiger partial charge in [0.05, 0.1) is 5.69 Å². The van der Waals surface area contributed by atoms with Crippen LogP contribution in [-0.4, -0.2) is 28.9 Å². The van der Waals surface area contributed by atoms with Gasteiger partial charge in [0.15, 0.2) is 5.13 Å². The fraction of sp³-hybridized carbons (Fsp3) is 0.412. The van der Waals surface area contributed by atoms with Gasteiger partial charge in [-0.1, -0.05) is 18.6 Å². The number of hydrogen-bond donors (Lipinski definition) is 1. The number of carbonyl (C=O) groups is 1. The second-order valence-corrected chi connectivity index (χ2v) is 6.64. The molecule has 1 aromatic heterocycles. The van der Waals surface area contributed by atoms with Crippen molar-refractivity contribution in [1.29, 1.82) is 0 Å². The minimum atomic E-state index is -0.0983. The molecule has 22 heavy (non-hydrogen) atoms. The lowest BCUT2D eigenvalue weighted by Crippen LogP contribution is -2.29. The summed E-state index contributed by atoms with van der Waals surface area (Å²) in [5, 5.41) is 5.42. The highest BCUT2D eigenvalue weighted by atomic mass is 32.1. The fourth-order valence-corrected chi connectivity index (χ4v) is 3.40. The average molecular weight is 315 g/mol. The molecule has 0 bridgehead atoms. The van der Waals surface area contributed by atoms with E-state index in [0.29, 0.717) is 10.7 Å². The van der Waals surface area contributed by atoms with Crippen molar-refractivity contribution in [3.05, 3.63) is 46.5 Å². The van der Waals surface area contributed by atoms with Crippen LogP contribution < -0.4 is 5.32 Å². The van der Waals surface area contributed by atoms with Crippen molar-refractivity contribution in [2.45, 2.75) is 32.7 Å². The molecule has 5 heteroatoms. The van der Waals surface area contributed by atoms with Gasteiger partial charge in [0.25, 0.3) is 5.91 Å². The minimum Gasteiger partial charge on any atom is -0.299 e. The van der Waals surface area contributed by atoms with Crippen LogP contribution in [0, 0.1) is 6.92 Å². The Bertz CT molecular complexity index is 630. The predicted molar refractivity (Wildman–Crippen MR) is 90.4 cm³/mol. The zero-order valence-electron chi connectivity index (χ0n) is 12.8. The number of nitrogens with zero attached hydrogens (tertiary/aromatic N) is 2. The molecule has 3 rings (SSSR count). The lowest BCUT2D eigenvalue weighted by atomic mass is 10.1. The maximum atomic E-state index is 12.2. The molecule has 1 aromatic carbocycles. The lowest BCUT2D eigenvalue weighted by Gasteiger charge is -2.26. The second-order valence-electron chi connectivity index (χ2n) is 5.78. The van der Waals surface area contributed by atoms with Gasteiger partial charge in [-0.15, -0.1) is 11.3 Å². The number of hydrogen-bond acceptors (Lipinski definition) is 4. The zero-order valence-corrected chi connectivity index (χ0v) is 13.7. The summed E-state index contributed by atoms with van der Waals surface area (Å²) in [5.74, 6) is -0.0983. The van der Waals surface area contributed by atoms with Gasteiger partial charge >= 0.3 is 0 Å². The number of carbonyl (C=O) groups excluding carboxylic acids is 1. The molecule has 0 unspecified atom stereocenters. The van der Waals surface area contributed by atoms with Crippen molar-refractivity contribution in [3.8, 4) is 0 Å². The largest absolute Gasteiger partial charge is 0.299 e. The molecule has 1 amide bonds. The first-order chi connectivity index (χ1) is 10.7. The van der Waals surface area contributed by atoms with Crippen LogP contribution in [0.1, 0.15) is 40.9 Å². The Morgan fingerprint density at radius 2 is 1.95 bits per heavy atom. The molecule has 1 fully saturated rings. The summed E-state index contributed by atoms with van der Waals surface area (Å²) in [6, 6.07) is 7.90. The van der Waals surface area contributed by atoms with Crippen LogP contribution in [0.2, 0.25) is 0 Å². The van der Waals surface area contributed by atoms with Crippen molar-refractivity contribution < 1.29 is 4.79 Å². The first kappa shape index (κ1) is 15.2. The first-order valence-corrected chi connectivity index (χ1v) is 8.63. The lowest BCUT2D eigenvalue weighted by molar-refractivity contribution is 0.102. The number of piperidine rings is 1. The SMILES string of the molecule is Cc1csc(NC(=O)c2ccc(CN3CCCCC3)cc2)n1. The Morgan fingerprint density at radius 1 is 1.23 bits per heavy atom. The number of thiazole rings is 1. The molecular formula is C17H21N3OS. The fourth-order valence-electron chi connectivity index (χ4n) is 2.72. The molecule has 1 saturated heterocycles. The summed E-state index contributed by atoms with van der Waals surface area (Å²) in [5.41, 5.74) is 2.87. The second kappa shape index (κ2) is 7.03. The van der Waals surface area contributed by atoms with Gasteiger partial charge in [0.2, 0.25) is 0 Å². The van der Waals surface area contributed by atoms with Gasteiger partial charge in [-0.2, -0.15) is 0 Å². The van der Waals surface area contributed by atoms with Crippen LogP contribution in [0.25, 0.3) is 0 Å². The Morgan fingerprint density at radius 3 is 2.59 bits per heavy atom. The minimum absolute atomic E-state index is 0.0983. The average Bonchev–Trinajstić information content (AvgIpc) is 2.94. The molecule has 2 aromatic rings. The number of anilines is 1. The number of amides is 1. The van der Waals surface area contributed by atoms with Crippen molar-refractivity contribution in [2.24, 2.45) is 0 Å². The number of aryl methyl sites for hydroxylation is 1. The van der Waals surface area contributed by atoms with Crippen molar-refractivity contribution in [3.63, 3.8) is 0 Å². The van der Waals surface area contributed by atoms with Crippen LogP contribution in [-0.2, 0) is 6.54 Å². The van der Waals surface area contributed by atoms with E-state index in [-0.39, 0.29) is 5.91 Å². The van der Waals surface area contributed by atoms with Gasteiger partial charge in [-0.25, -0.2) is 4.98 Å². The summed E-state index contributed by atoms with van der Waals surface area (Å²) >= 11 is 1.45. The van der Waals surface area contributed by atoms with Crippen molar-refractivity contribution >= 4 is 22.4 Å². The Labute approximate surface area is 135 Å². The van der Waals surface area contributed by atoms with Gasteiger partial charge in [-0.3, -0.25) is 15.0 Å². The molecule has 116 valence electrons. The third-order valence-corrected chi connectivity index (χ3v) is 4.79. The number of benzene rings is 1. The van der Waals surface area contributed by atoms with Crippen LogP contribution in [0.15, 0.2) is 29.6 Å². The predicted octanol–water partition coefficient (Wildman–Crippen LogP) is 3.69. The topological polar surface area (TPSA) is 45.2 Å². The highest BCUT2D eigenvalue weighted by Gasteiger charge is 2.12. The Kier molecular flexibility index (Phi) is 4.85. The van der Waals surface area contributed by atoms with Gasteiger partial charge in [0.1, 0.15) is 0 Å². The summed E-state index contributed by atoms with van der Waals surface area (Å²) in [6.07, 6.45) is 3.95. The molecule has 4 nitrogen and oxygen atoms in total. The number of nitrogens with one attached hydrogen (secondary N) is 1. The normalized spacial score (nSPS) is 15.7. The first-order valence-electron chi connectivity index (χ1n) is 7.75. The smallest absolute Gasteiger partial charge is 0.257 e. The van der Waals surface area contributed by atoms with Gasteiger partial charge < -0.3 is 0 Å². The molecule has 0 radical (unpaired) electrons. The molecule has 1 N–H and O–H groups in total. The van der Waals surface area contributed by atoms with Gasteiger partial charge in [0, 0.05) is 17.5 Å². The highest BCUT2D eigenvalue weighted by molar-refractivity contribution is 7.13. The van der Waals surface area contributed by atoms with E-state index in [0.717, 1.165) is 12.2 Å². The van der Waals surface area contributed by atoms with E-state index in [1.54, 1.807) is 0 Å². The zero-order chi connectivity index (χ0) is 15.4. The summed E-state index contributed by atoms with van der Waals surface area (Å²) in [7, 11) is 0. The molecule has 0 atom stereocenters.